The molecule has 0 saturated heterocycles. The highest BCUT2D eigenvalue weighted by Crippen LogP contribution is 2.25. The first-order valence-corrected chi connectivity index (χ1v) is 8.21. The Morgan fingerprint density at radius 2 is 2.15 bits per heavy atom. The summed E-state index contributed by atoms with van der Waals surface area (Å²) in [5.74, 6) is -0.557. The molecule has 0 radical (unpaired) electrons. The number of aromatic amines is 1. The Balaban J connectivity index is 1.86. The molecule has 2 amide bonds. The lowest BCUT2D eigenvalue weighted by molar-refractivity contribution is 0.208. The van der Waals surface area contributed by atoms with E-state index in [1.807, 2.05) is 6.92 Å². The fourth-order valence-electron chi connectivity index (χ4n) is 2.62. The summed E-state index contributed by atoms with van der Waals surface area (Å²) < 4.78 is 13.2. The van der Waals surface area contributed by atoms with Crippen LogP contribution in [0.4, 0.5) is 14.9 Å². The number of amides is 2. The summed E-state index contributed by atoms with van der Waals surface area (Å²) in [6.07, 6.45) is 3.12. The summed E-state index contributed by atoms with van der Waals surface area (Å²) >= 11 is 5.73. The van der Waals surface area contributed by atoms with Gasteiger partial charge in [-0.15, -0.1) is 0 Å². The molecule has 0 aliphatic rings. The van der Waals surface area contributed by atoms with Crippen molar-refractivity contribution in [3.63, 3.8) is 0 Å². The zero-order chi connectivity index (χ0) is 18.8. The Labute approximate surface area is 153 Å². The number of hydrogen-bond acceptors (Lipinski definition) is 3. The number of H-pyrrole nitrogens is 1. The number of carbonyl (C=O) groups is 1. The minimum absolute atomic E-state index is 0.0730. The molecule has 2 heterocycles. The van der Waals surface area contributed by atoms with Crippen molar-refractivity contribution in [1.29, 1.82) is 0 Å². The van der Waals surface area contributed by atoms with Crippen LogP contribution in [0.15, 0.2) is 47.5 Å². The molecule has 0 saturated carbocycles. The van der Waals surface area contributed by atoms with Gasteiger partial charge in [0.2, 0.25) is 0 Å². The molecule has 0 bridgehead atoms. The fraction of sp³-hybridized carbons (Fsp3) is 0.167. The smallest absolute Gasteiger partial charge is 0.322 e. The van der Waals surface area contributed by atoms with E-state index in [1.54, 1.807) is 31.6 Å². The highest BCUT2D eigenvalue weighted by molar-refractivity contribution is 6.31. The largest absolute Gasteiger partial charge is 0.327 e. The van der Waals surface area contributed by atoms with Gasteiger partial charge in [0.15, 0.2) is 0 Å². The van der Waals surface area contributed by atoms with Crippen LogP contribution in [0.2, 0.25) is 5.02 Å². The van der Waals surface area contributed by atoms with Crippen molar-refractivity contribution in [3.05, 3.63) is 69.5 Å². The average Bonchev–Trinajstić information content (AvgIpc) is 2.64. The standard InChI is InChI=1S/C18H16ClFN4O2/c1-10(13-9-22-17(25)16-12(13)4-3-7-21-16)24(2)18(26)23-11-5-6-15(20)14(19)8-11/h3-10H,1-2H3,(H,22,25)(H,23,26)/t10-/m0/s1. The van der Waals surface area contributed by atoms with Gasteiger partial charge in [0.05, 0.1) is 11.1 Å². The van der Waals surface area contributed by atoms with Crippen molar-refractivity contribution < 1.29 is 9.18 Å². The molecular weight excluding hydrogens is 359 g/mol. The highest BCUT2D eigenvalue weighted by atomic mass is 35.5. The lowest BCUT2D eigenvalue weighted by Gasteiger charge is -2.26. The van der Waals surface area contributed by atoms with Gasteiger partial charge in [-0.1, -0.05) is 17.7 Å². The molecule has 1 atom stereocenters. The summed E-state index contributed by atoms with van der Waals surface area (Å²) in [6.45, 7) is 1.83. The van der Waals surface area contributed by atoms with E-state index in [-0.39, 0.29) is 16.6 Å². The lowest BCUT2D eigenvalue weighted by atomic mass is 10.0. The molecule has 0 fully saturated rings. The van der Waals surface area contributed by atoms with Crippen LogP contribution >= 0.6 is 11.6 Å². The van der Waals surface area contributed by atoms with E-state index in [1.165, 1.54) is 23.1 Å². The van der Waals surface area contributed by atoms with Crippen molar-refractivity contribution in [2.75, 3.05) is 12.4 Å². The summed E-state index contributed by atoms with van der Waals surface area (Å²) in [7, 11) is 1.62. The van der Waals surface area contributed by atoms with Gasteiger partial charge in [-0.05, 0) is 31.2 Å². The Morgan fingerprint density at radius 1 is 1.38 bits per heavy atom. The van der Waals surface area contributed by atoms with Crippen molar-refractivity contribution in [3.8, 4) is 0 Å². The van der Waals surface area contributed by atoms with Gasteiger partial charge in [0, 0.05) is 36.1 Å². The maximum atomic E-state index is 13.2. The minimum atomic E-state index is -0.557. The van der Waals surface area contributed by atoms with Gasteiger partial charge >= 0.3 is 6.03 Å². The number of pyridine rings is 2. The van der Waals surface area contributed by atoms with Crippen LogP contribution in [-0.4, -0.2) is 27.9 Å². The first-order chi connectivity index (χ1) is 12.4. The number of benzene rings is 1. The third-order valence-electron chi connectivity index (χ3n) is 4.21. The molecule has 3 aromatic rings. The normalized spacial score (nSPS) is 12.0. The molecule has 6 nitrogen and oxygen atoms in total. The molecular formula is C18H16ClFN4O2. The Bertz CT molecular complexity index is 1040. The topological polar surface area (TPSA) is 78.1 Å². The van der Waals surface area contributed by atoms with E-state index in [2.05, 4.69) is 15.3 Å². The van der Waals surface area contributed by atoms with E-state index in [0.29, 0.717) is 16.6 Å². The summed E-state index contributed by atoms with van der Waals surface area (Å²) in [5.41, 5.74) is 1.16. The van der Waals surface area contributed by atoms with E-state index in [4.69, 9.17) is 11.6 Å². The number of carbonyl (C=O) groups excluding carboxylic acids is 1. The zero-order valence-corrected chi connectivity index (χ0v) is 14.8. The maximum Gasteiger partial charge on any atom is 0.322 e. The molecule has 8 heteroatoms. The number of fused-ring (bicyclic) bond motifs is 1. The first-order valence-electron chi connectivity index (χ1n) is 7.83. The van der Waals surface area contributed by atoms with E-state index in [0.717, 1.165) is 5.56 Å². The van der Waals surface area contributed by atoms with Crippen LogP contribution in [0.3, 0.4) is 0 Å². The van der Waals surface area contributed by atoms with Crippen LogP contribution < -0.4 is 10.9 Å². The monoisotopic (exact) mass is 374 g/mol. The number of aromatic nitrogens is 2. The molecule has 0 unspecified atom stereocenters. The lowest BCUT2D eigenvalue weighted by Crippen LogP contribution is -2.34. The molecule has 26 heavy (non-hydrogen) atoms. The van der Waals surface area contributed by atoms with Crippen molar-refractivity contribution in [2.24, 2.45) is 0 Å². The zero-order valence-electron chi connectivity index (χ0n) is 14.1. The second kappa shape index (κ2) is 7.13. The van der Waals surface area contributed by atoms with Crippen molar-refractivity contribution in [1.82, 2.24) is 14.9 Å². The number of rotatable bonds is 3. The van der Waals surface area contributed by atoms with Gasteiger partial charge in [-0.2, -0.15) is 0 Å². The van der Waals surface area contributed by atoms with Crippen LogP contribution in [0.25, 0.3) is 10.9 Å². The van der Waals surface area contributed by atoms with Crippen molar-refractivity contribution >= 4 is 34.2 Å². The SMILES string of the molecule is C[C@@H](c1c[nH]c(=O)c2ncccc12)N(C)C(=O)Nc1ccc(F)c(Cl)c1. The number of nitrogens with one attached hydrogen (secondary N) is 2. The van der Waals surface area contributed by atoms with E-state index < -0.39 is 11.8 Å². The number of urea groups is 1. The minimum Gasteiger partial charge on any atom is -0.327 e. The molecule has 1 aromatic carbocycles. The van der Waals surface area contributed by atoms with Crippen LogP contribution in [0.1, 0.15) is 18.5 Å². The van der Waals surface area contributed by atoms with E-state index in [9.17, 15) is 14.0 Å². The number of anilines is 1. The Morgan fingerprint density at radius 3 is 2.88 bits per heavy atom. The maximum absolute atomic E-state index is 13.2. The molecule has 0 spiro atoms. The third kappa shape index (κ3) is 3.39. The molecule has 2 N–H and O–H groups in total. The average molecular weight is 375 g/mol. The highest BCUT2D eigenvalue weighted by Gasteiger charge is 2.20. The van der Waals surface area contributed by atoms with Crippen LogP contribution in [-0.2, 0) is 0 Å². The molecule has 3 rings (SSSR count). The molecule has 134 valence electrons. The molecule has 2 aromatic heterocycles. The second-order valence-electron chi connectivity index (χ2n) is 5.82. The fourth-order valence-corrected chi connectivity index (χ4v) is 2.80. The van der Waals surface area contributed by atoms with Gasteiger partial charge in [0.25, 0.3) is 5.56 Å². The Hall–Kier alpha value is -2.93. The summed E-state index contributed by atoms with van der Waals surface area (Å²) in [5, 5.41) is 3.27. The Kier molecular flexibility index (Phi) is 4.90. The third-order valence-corrected chi connectivity index (χ3v) is 4.50. The number of nitrogens with zero attached hydrogens (tertiary/aromatic N) is 2. The van der Waals surface area contributed by atoms with Crippen LogP contribution in [0, 0.1) is 5.82 Å². The van der Waals surface area contributed by atoms with Crippen molar-refractivity contribution in [2.45, 2.75) is 13.0 Å². The molecule has 0 aliphatic heterocycles. The molecule has 0 aliphatic carbocycles. The second-order valence-corrected chi connectivity index (χ2v) is 6.23. The number of hydrogen-bond donors (Lipinski definition) is 2. The first kappa shape index (κ1) is 17.9. The van der Waals surface area contributed by atoms with Gasteiger partial charge in [-0.3, -0.25) is 9.78 Å². The predicted molar refractivity (Wildman–Crippen MR) is 99.0 cm³/mol. The summed E-state index contributed by atoms with van der Waals surface area (Å²) in [4.78, 5) is 32.6. The van der Waals surface area contributed by atoms with Gasteiger partial charge in [-0.25, -0.2) is 9.18 Å². The van der Waals surface area contributed by atoms with Crippen LogP contribution in [0.5, 0.6) is 0 Å². The van der Waals surface area contributed by atoms with Gasteiger partial charge in [0.1, 0.15) is 11.3 Å². The van der Waals surface area contributed by atoms with Gasteiger partial charge < -0.3 is 15.2 Å². The quantitative estimate of drug-likeness (QED) is 0.728. The summed E-state index contributed by atoms with van der Waals surface area (Å²) in [6, 6.07) is 6.72. The predicted octanol–water partition coefficient (Wildman–Crippen LogP) is 3.94. The number of halogens is 2. The van der Waals surface area contributed by atoms with E-state index >= 15 is 0 Å².